The third-order valence-electron chi connectivity index (χ3n) is 4.84. The van der Waals surface area contributed by atoms with Gasteiger partial charge in [-0.15, -0.1) is 0 Å². The number of primary amides is 1. The number of fused-ring (bicyclic) bond motifs is 1. The number of nitrogens with two attached hydrogens (primary N) is 2. The Hall–Kier alpha value is -2.98. The number of aromatic nitrogens is 3. The smallest absolute Gasteiger partial charge is 0.269 e. The minimum atomic E-state index is -3.16. The number of hydrogen-bond acceptors (Lipinski definition) is 7. The minimum absolute atomic E-state index is 0.0256. The first kappa shape index (κ1) is 18.4. The average molecular weight is 400 g/mol. The Bertz CT molecular complexity index is 1120. The van der Waals surface area contributed by atoms with Crippen LogP contribution in [0.1, 0.15) is 16.9 Å². The van der Waals surface area contributed by atoms with Gasteiger partial charge in [-0.3, -0.25) is 4.79 Å². The molecule has 0 spiro atoms. The molecule has 3 heterocycles. The zero-order valence-electron chi connectivity index (χ0n) is 14.9. The molecule has 0 radical (unpaired) electrons. The van der Waals surface area contributed by atoms with E-state index in [9.17, 15) is 13.2 Å². The van der Waals surface area contributed by atoms with Gasteiger partial charge < -0.3 is 21.8 Å². The summed E-state index contributed by atoms with van der Waals surface area (Å²) in [5.41, 5.74) is 13.3. The van der Waals surface area contributed by atoms with Crippen LogP contribution in [0.25, 0.3) is 22.3 Å². The predicted molar refractivity (Wildman–Crippen MR) is 106 cm³/mol. The van der Waals surface area contributed by atoms with E-state index in [1.165, 1.54) is 6.20 Å². The van der Waals surface area contributed by atoms with Crippen LogP contribution in [-0.2, 0) is 9.84 Å². The normalized spacial score (nSPS) is 21.5. The first-order valence-corrected chi connectivity index (χ1v) is 10.6. The molecule has 1 aromatic carbocycles. The van der Waals surface area contributed by atoms with Crippen LogP contribution in [-0.4, -0.2) is 52.9 Å². The predicted octanol–water partition coefficient (Wildman–Crippen LogP) is 0.650. The summed E-state index contributed by atoms with van der Waals surface area (Å²) in [7, 11) is -3.16. The average Bonchev–Trinajstić information content (AvgIpc) is 3.08. The van der Waals surface area contributed by atoms with Gasteiger partial charge in [-0.25, -0.2) is 18.4 Å². The molecule has 3 aromatic rings. The quantitative estimate of drug-likeness (QED) is 0.501. The summed E-state index contributed by atoms with van der Waals surface area (Å²) < 4.78 is 23.9. The van der Waals surface area contributed by atoms with Gasteiger partial charge in [-0.1, -0.05) is 18.2 Å². The first-order chi connectivity index (χ1) is 13.3. The van der Waals surface area contributed by atoms with Gasteiger partial charge in [0, 0.05) is 16.9 Å². The molecule has 0 bridgehead atoms. The maximum atomic E-state index is 11.9. The Balaban J connectivity index is 1.72. The lowest BCUT2D eigenvalue weighted by molar-refractivity contribution is 0.0996. The fourth-order valence-electron chi connectivity index (χ4n) is 3.36. The molecule has 146 valence electrons. The van der Waals surface area contributed by atoms with Gasteiger partial charge in [0.15, 0.2) is 15.5 Å². The first-order valence-electron chi connectivity index (χ1n) is 8.80. The van der Waals surface area contributed by atoms with Crippen molar-refractivity contribution in [1.29, 1.82) is 0 Å². The fourth-order valence-corrected chi connectivity index (χ4v) is 5.04. The standard InChI is InChI=1S/C18H20N6O3S/c19-11-5-6-28(26,27)9-14(11)23-15-8-21-17(18(20)25)16(24-15)13-7-10-3-1-2-4-12(10)22-13/h1-4,7-8,11,14,22H,5-6,9,19H2,(H2,20,25)(H,23,24)/t11-,14+/m0/s1. The number of nitrogens with zero attached hydrogens (tertiary/aromatic N) is 2. The number of benzene rings is 1. The highest BCUT2D eigenvalue weighted by Crippen LogP contribution is 2.26. The largest absolute Gasteiger partial charge is 0.364 e. The minimum Gasteiger partial charge on any atom is -0.364 e. The van der Waals surface area contributed by atoms with Crippen molar-refractivity contribution in [3.63, 3.8) is 0 Å². The molecule has 0 aliphatic carbocycles. The summed E-state index contributed by atoms with van der Waals surface area (Å²) in [6, 6.07) is 8.69. The highest BCUT2D eigenvalue weighted by Gasteiger charge is 2.31. The van der Waals surface area contributed by atoms with Gasteiger partial charge >= 0.3 is 0 Å². The number of anilines is 1. The van der Waals surface area contributed by atoms with Crippen LogP contribution in [0.15, 0.2) is 36.5 Å². The zero-order chi connectivity index (χ0) is 19.9. The summed E-state index contributed by atoms with van der Waals surface area (Å²) in [6.45, 7) is 0. The van der Waals surface area contributed by atoms with Crippen molar-refractivity contribution in [2.24, 2.45) is 11.5 Å². The van der Waals surface area contributed by atoms with Crippen molar-refractivity contribution in [3.05, 3.63) is 42.2 Å². The number of carbonyl (C=O) groups excluding carboxylic acids is 1. The maximum Gasteiger partial charge on any atom is 0.269 e. The van der Waals surface area contributed by atoms with Crippen LogP contribution in [0.4, 0.5) is 5.82 Å². The number of rotatable bonds is 4. The Labute approximate surface area is 161 Å². The number of nitrogens with one attached hydrogen (secondary N) is 2. The van der Waals surface area contributed by atoms with E-state index < -0.39 is 21.8 Å². The number of amides is 1. The van der Waals surface area contributed by atoms with E-state index in [-0.39, 0.29) is 23.2 Å². The molecule has 6 N–H and O–H groups in total. The van der Waals surface area contributed by atoms with Crippen molar-refractivity contribution < 1.29 is 13.2 Å². The fraction of sp³-hybridized carbons (Fsp3) is 0.278. The lowest BCUT2D eigenvalue weighted by Gasteiger charge is -2.29. The molecule has 9 nitrogen and oxygen atoms in total. The van der Waals surface area contributed by atoms with E-state index in [1.807, 2.05) is 30.3 Å². The summed E-state index contributed by atoms with van der Waals surface area (Å²) in [5, 5.41) is 4.00. The van der Waals surface area contributed by atoms with Crippen molar-refractivity contribution in [3.8, 4) is 11.4 Å². The van der Waals surface area contributed by atoms with Crippen LogP contribution in [0, 0.1) is 0 Å². The SMILES string of the molecule is NC(=O)c1ncc(N[C@@H]2CS(=O)(=O)CC[C@@H]2N)nc1-c1cc2ccccc2[nH]1. The van der Waals surface area contributed by atoms with E-state index in [1.54, 1.807) is 0 Å². The number of H-pyrrole nitrogens is 1. The molecule has 0 unspecified atom stereocenters. The van der Waals surface area contributed by atoms with E-state index in [0.717, 1.165) is 10.9 Å². The van der Waals surface area contributed by atoms with Crippen LogP contribution >= 0.6 is 0 Å². The number of para-hydroxylation sites is 1. The Morgan fingerprint density at radius 3 is 2.82 bits per heavy atom. The van der Waals surface area contributed by atoms with Crippen LogP contribution in [0.2, 0.25) is 0 Å². The highest BCUT2D eigenvalue weighted by atomic mass is 32.2. The lowest BCUT2D eigenvalue weighted by Crippen LogP contribution is -2.50. The molecule has 28 heavy (non-hydrogen) atoms. The van der Waals surface area contributed by atoms with Gasteiger partial charge in [-0.2, -0.15) is 0 Å². The lowest BCUT2D eigenvalue weighted by atomic mass is 10.1. The molecular formula is C18H20N6O3S. The van der Waals surface area contributed by atoms with E-state index in [2.05, 4.69) is 20.3 Å². The van der Waals surface area contributed by atoms with Crippen molar-refractivity contribution in [1.82, 2.24) is 15.0 Å². The summed E-state index contributed by atoms with van der Waals surface area (Å²) in [6.07, 6.45) is 1.74. The Morgan fingerprint density at radius 2 is 2.07 bits per heavy atom. The second-order valence-electron chi connectivity index (χ2n) is 6.90. The van der Waals surface area contributed by atoms with Gasteiger partial charge in [0.25, 0.3) is 5.91 Å². The monoisotopic (exact) mass is 400 g/mol. The van der Waals surface area contributed by atoms with Gasteiger partial charge in [0.2, 0.25) is 0 Å². The molecule has 10 heteroatoms. The summed E-state index contributed by atoms with van der Waals surface area (Å²) >= 11 is 0. The van der Waals surface area contributed by atoms with Crippen LogP contribution in [0.3, 0.4) is 0 Å². The molecule has 1 amide bonds. The molecule has 2 atom stereocenters. The van der Waals surface area contributed by atoms with Gasteiger partial charge in [0.1, 0.15) is 11.5 Å². The number of sulfone groups is 1. The third kappa shape index (κ3) is 3.56. The van der Waals surface area contributed by atoms with E-state index in [0.29, 0.717) is 23.6 Å². The molecule has 4 rings (SSSR count). The van der Waals surface area contributed by atoms with Gasteiger partial charge in [-0.05, 0) is 18.6 Å². The molecule has 1 saturated heterocycles. The Kier molecular flexibility index (Phi) is 4.52. The van der Waals surface area contributed by atoms with Crippen molar-refractivity contribution in [2.45, 2.75) is 18.5 Å². The molecule has 1 fully saturated rings. The van der Waals surface area contributed by atoms with E-state index >= 15 is 0 Å². The number of carbonyl (C=O) groups is 1. The van der Waals surface area contributed by atoms with Crippen LogP contribution in [0.5, 0.6) is 0 Å². The highest BCUT2D eigenvalue weighted by molar-refractivity contribution is 7.91. The third-order valence-corrected chi connectivity index (χ3v) is 6.56. The Morgan fingerprint density at radius 1 is 1.29 bits per heavy atom. The molecule has 2 aromatic heterocycles. The van der Waals surface area contributed by atoms with Crippen LogP contribution < -0.4 is 16.8 Å². The molecular weight excluding hydrogens is 380 g/mol. The second-order valence-corrected chi connectivity index (χ2v) is 9.13. The van der Waals surface area contributed by atoms with Crippen molar-refractivity contribution in [2.75, 3.05) is 16.8 Å². The maximum absolute atomic E-state index is 11.9. The summed E-state index contributed by atoms with van der Waals surface area (Å²) in [4.78, 5) is 23.7. The molecule has 1 aliphatic rings. The topological polar surface area (TPSA) is 157 Å². The van der Waals surface area contributed by atoms with Gasteiger partial charge in [0.05, 0.1) is 29.4 Å². The molecule has 0 saturated carbocycles. The van der Waals surface area contributed by atoms with Crippen molar-refractivity contribution >= 4 is 32.5 Å². The van der Waals surface area contributed by atoms with E-state index in [4.69, 9.17) is 11.5 Å². The zero-order valence-corrected chi connectivity index (χ0v) is 15.7. The molecule has 1 aliphatic heterocycles. The summed E-state index contributed by atoms with van der Waals surface area (Å²) in [5.74, 6) is -0.366. The number of hydrogen-bond donors (Lipinski definition) is 4. The number of aromatic amines is 1. The second kappa shape index (κ2) is 6.88.